The molecular formula is C13H14N2O3S. The van der Waals surface area contributed by atoms with E-state index in [4.69, 9.17) is 0 Å². The molecule has 1 atom stereocenters. The number of carbonyl (C=O) groups is 1. The first-order valence-electron chi connectivity index (χ1n) is 6.22. The molecule has 1 heterocycles. The van der Waals surface area contributed by atoms with Gasteiger partial charge in [0.25, 0.3) is 10.0 Å². The molecule has 1 unspecified atom stereocenters. The van der Waals surface area contributed by atoms with Gasteiger partial charge in [-0.3, -0.25) is 0 Å². The molecule has 0 aromatic heterocycles. The molecule has 1 N–H and O–H groups in total. The standard InChI is InChI=1S/C13H14N2O3S/c16-13-14-11-8-4-5-9-12(11)19(17,18)15(13)10-6-2-1-3-7-10/h2,4-6,8-10H,1,3,7H2,(H,14,16). The Hall–Kier alpha value is -1.82. The van der Waals surface area contributed by atoms with E-state index in [1.54, 1.807) is 24.3 Å². The number of hydrogen-bond donors (Lipinski definition) is 1. The zero-order chi connectivity index (χ0) is 13.5. The quantitative estimate of drug-likeness (QED) is 0.802. The number of nitrogens with zero attached hydrogens (tertiary/aromatic N) is 1. The first-order chi connectivity index (χ1) is 9.10. The molecular weight excluding hydrogens is 264 g/mol. The summed E-state index contributed by atoms with van der Waals surface area (Å²) in [5.41, 5.74) is 0.350. The summed E-state index contributed by atoms with van der Waals surface area (Å²) >= 11 is 0. The topological polar surface area (TPSA) is 66.5 Å². The normalized spacial score (nSPS) is 24.7. The predicted molar refractivity (Wildman–Crippen MR) is 71.3 cm³/mol. The zero-order valence-corrected chi connectivity index (χ0v) is 11.1. The molecule has 0 bridgehead atoms. The zero-order valence-electron chi connectivity index (χ0n) is 10.2. The van der Waals surface area contributed by atoms with E-state index in [1.807, 2.05) is 6.08 Å². The van der Waals surface area contributed by atoms with Crippen LogP contribution >= 0.6 is 0 Å². The van der Waals surface area contributed by atoms with E-state index in [0.29, 0.717) is 12.1 Å². The van der Waals surface area contributed by atoms with E-state index in [0.717, 1.165) is 17.1 Å². The molecule has 2 aliphatic rings. The van der Waals surface area contributed by atoms with Gasteiger partial charge in [0.15, 0.2) is 0 Å². The molecule has 3 rings (SSSR count). The number of para-hydroxylation sites is 1. The van der Waals surface area contributed by atoms with Gasteiger partial charge >= 0.3 is 6.03 Å². The second kappa shape index (κ2) is 4.38. The Morgan fingerprint density at radius 3 is 2.79 bits per heavy atom. The van der Waals surface area contributed by atoms with Crippen molar-refractivity contribution in [1.82, 2.24) is 4.31 Å². The van der Waals surface area contributed by atoms with E-state index >= 15 is 0 Å². The van der Waals surface area contributed by atoms with Gasteiger partial charge in [0.1, 0.15) is 4.90 Å². The number of sulfonamides is 1. The van der Waals surface area contributed by atoms with Crippen molar-refractivity contribution in [1.29, 1.82) is 0 Å². The van der Waals surface area contributed by atoms with E-state index in [9.17, 15) is 13.2 Å². The van der Waals surface area contributed by atoms with Crippen molar-refractivity contribution in [2.24, 2.45) is 0 Å². The van der Waals surface area contributed by atoms with Crippen molar-refractivity contribution >= 4 is 21.7 Å². The van der Waals surface area contributed by atoms with E-state index in [2.05, 4.69) is 5.32 Å². The molecule has 5 nitrogen and oxygen atoms in total. The monoisotopic (exact) mass is 278 g/mol. The summed E-state index contributed by atoms with van der Waals surface area (Å²) in [5.74, 6) is 0. The largest absolute Gasteiger partial charge is 0.336 e. The fraction of sp³-hybridized carbons (Fsp3) is 0.308. The second-order valence-corrected chi connectivity index (χ2v) is 6.44. The molecule has 2 amide bonds. The lowest BCUT2D eigenvalue weighted by atomic mass is 10.0. The number of fused-ring (bicyclic) bond motifs is 1. The number of benzene rings is 1. The molecule has 0 saturated heterocycles. The van der Waals surface area contributed by atoms with Crippen LogP contribution in [-0.2, 0) is 10.0 Å². The van der Waals surface area contributed by atoms with Crippen LogP contribution in [0.15, 0.2) is 41.3 Å². The summed E-state index contributed by atoms with van der Waals surface area (Å²) in [7, 11) is -3.76. The Kier molecular flexibility index (Phi) is 2.82. The smallest absolute Gasteiger partial charge is 0.306 e. The molecule has 6 heteroatoms. The minimum Gasteiger partial charge on any atom is -0.306 e. The van der Waals surface area contributed by atoms with E-state index in [1.165, 1.54) is 6.07 Å². The van der Waals surface area contributed by atoms with Gasteiger partial charge in [-0.05, 0) is 31.4 Å². The third-order valence-corrected chi connectivity index (χ3v) is 5.26. The molecule has 0 fully saturated rings. The fourth-order valence-corrected chi connectivity index (χ4v) is 4.15. The highest BCUT2D eigenvalue weighted by Crippen LogP contribution is 2.33. The summed E-state index contributed by atoms with van der Waals surface area (Å²) in [6.07, 6.45) is 6.22. The molecule has 1 aliphatic carbocycles. The van der Waals surface area contributed by atoms with Gasteiger partial charge in [-0.15, -0.1) is 0 Å². The second-order valence-electron chi connectivity index (χ2n) is 4.65. The predicted octanol–water partition coefficient (Wildman–Crippen LogP) is 2.33. The molecule has 0 saturated carbocycles. The lowest BCUT2D eigenvalue weighted by molar-refractivity contribution is 0.226. The van der Waals surface area contributed by atoms with Crippen molar-refractivity contribution in [3.63, 3.8) is 0 Å². The Morgan fingerprint density at radius 1 is 1.26 bits per heavy atom. The number of anilines is 1. The number of carbonyl (C=O) groups excluding carboxylic acids is 1. The first-order valence-corrected chi connectivity index (χ1v) is 7.66. The number of amides is 2. The first kappa shape index (κ1) is 12.2. The maximum atomic E-state index is 12.5. The summed E-state index contributed by atoms with van der Waals surface area (Å²) in [4.78, 5) is 12.2. The summed E-state index contributed by atoms with van der Waals surface area (Å²) in [5, 5.41) is 2.64. The SMILES string of the molecule is O=C1Nc2ccccc2S(=O)(=O)N1C1C=CCCC1. The Labute approximate surface area is 112 Å². The van der Waals surface area contributed by atoms with E-state index in [-0.39, 0.29) is 10.9 Å². The van der Waals surface area contributed by atoms with Crippen LogP contribution in [0.5, 0.6) is 0 Å². The van der Waals surface area contributed by atoms with Gasteiger partial charge in [-0.25, -0.2) is 17.5 Å². The van der Waals surface area contributed by atoms with Crippen LogP contribution in [0.3, 0.4) is 0 Å². The van der Waals surface area contributed by atoms with Gasteiger partial charge in [0, 0.05) is 0 Å². The van der Waals surface area contributed by atoms with Crippen LogP contribution in [0, 0.1) is 0 Å². The maximum Gasteiger partial charge on any atom is 0.336 e. The number of nitrogens with one attached hydrogen (secondary N) is 1. The highest BCUT2D eigenvalue weighted by atomic mass is 32.2. The van der Waals surface area contributed by atoms with Gasteiger partial charge < -0.3 is 5.32 Å². The number of hydrogen-bond acceptors (Lipinski definition) is 3. The summed E-state index contributed by atoms with van der Waals surface area (Å²) in [6.45, 7) is 0. The van der Waals surface area contributed by atoms with Gasteiger partial charge in [0.05, 0.1) is 11.7 Å². The third-order valence-electron chi connectivity index (χ3n) is 3.40. The average molecular weight is 278 g/mol. The Morgan fingerprint density at radius 2 is 2.05 bits per heavy atom. The van der Waals surface area contributed by atoms with Crippen molar-refractivity contribution in [2.45, 2.75) is 30.2 Å². The molecule has 0 radical (unpaired) electrons. The molecule has 1 aliphatic heterocycles. The van der Waals surface area contributed by atoms with Gasteiger partial charge in [-0.2, -0.15) is 0 Å². The minimum absolute atomic E-state index is 0.161. The van der Waals surface area contributed by atoms with Crippen molar-refractivity contribution in [2.75, 3.05) is 5.32 Å². The van der Waals surface area contributed by atoms with Crippen molar-refractivity contribution in [3.8, 4) is 0 Å². The summed E-state index contributed by atoms with van der Waals surface area (Å²) < 4.78 is 26.1. The molecule has 100 valence electrons. The Balaban J connectivity index is 2.10. The molecule has 0 spiro atoms. The fourth-order valence-electron chi connectivity index (χ4n) is 2.50. The average Bonchev–Trinajstić information content (AvgIpc) is 2.39. The van der Waals surface area contributed by atoms with Crippen LogP contribution < -0.4 is 5.32 Å². The molecule has 19 heavy (non-hydrogen) atoms. The van der Waals surface area contributed by atoms with Crippen LogP contribution in [0.2, 0.25) is 0 Å². The third kappa shape index (κ3) is 1.92. The van der Waals surface area contributed by atoms with Crippen molar-refractivity contribution < 1.29 is 13.2 Å². The molecule has 1 aromatic rings. The van der Waals surface area contributed by atoms with Gasteiger partial charge in [-0.1, -0.05) is 24.3 Å². The number of urea groups is 1. The molecule has 1 aromatic carbocycles. The van der Waals surface area contributed by atoms with Crippen LogP contribution in [-0.4, -0.2) is 24.8 Å². The minimum atomic E-state index is -3.76. The lowest BCUT2D eigenvalue weighted by Gasteiger charge is -2.34. The van der Waals surface area contributed by atoms with E-state index < -0.39 is 16.1 Å². The summed E-state index contributed by atoms with van der Waals surface area (Å²) in [6, 6.07) is 5.51. The number of rotatable bonds is 1. The highest BCUT2D eigenvalue weighted by Gasteiger charge is 2.40. The Bertz CT molecular complexity index is 652. The number of allylic oxidation sites excluding steroid dienone is 1. The maximum absolute atomic E-state index is 12.5. The van der Waals surface area contributed by atoms with Crippen LogP contribution in [0.1, 0.15) is 19.3 Å². The lowest BCUT2D eigenvalue weighted by Crippen LogP contribution is -2.49. The van der Waals surface area contributed by atoms with Crippen LogP contribution in [0.4, 0.5) is 10.5 Å². The van der Waals surface area contributed by atoms with Crippen molar-refractivity contribution in [3.05, 3.63) is 36.4 Å². The van der Waals surface area contributed by atoms with Gasteiger partial charge in [0.2, 0.25) is 0 Å². The van der Waals surface area contributed by atoms with Crippen LogP contribution in [0.25, 0.3) is 0 Å². The highest BCUT2D eigenvalue weighted by molar-refractivity contribution is 7.90.